The number of aliphatic hydroxyl groups is 1. The number of rotatable bonds is 5. The average molecular weight is 391 g/mol. The van der Waals surface area contributed by atoms with Gasteiger partial charge in [-0.25, -0.2) is 9.97 Å². The van der Waals surface area contributed by atoms with Gasteiger partial charge in [0.2, 0.25) is 0 Å². The second-order valence-electron chi connectivity index (χ2n) is 7.57. The molecule has 0 radical (unpaired) electrons. The molecule has 2 heterocycles. The molecule has 0 saturated heterocycles. The van der Waals surface area contributed by atoms with Crippen LogP contribution in [0.25, 0.3) is 33.3 Å². The van der Waals surface area contributed by atoms with Crippen molar-refractivity contribution < 1.29 is 14.3 Å². The number of benzene rings is 2. The minimum absolute atomic E-state index is 0.243. The van der Waals surface area contributed by atoms with Gasteiger partial charge in [-0.05, 0) is 56.7 Å². The molecule has 0 saturated carbocycles. The summed E-state index contributed by atoms with van der Waals surface area (Å²) in [4.78, 5) is 12.0. The Balaban J connectivity index is 1.94. The maximum absolute atomic E-state index is 10.0. The van der Waals surface area contributed by atoms with Crippen LogP contribution in [0.4, 0.5) is 5.82 Å². The average Bonchev–Trinajstić information content (AvgIpc) is 3.11. The summed E-state index contributed by atoms with van der Waals surface area (Å²) >= 11 is 0. The van der Waals surface area contributed by atoms with Crippen molar-refractivity contribution in [1.82, 2.24) is 9.97 Å². The van der Waals surface area contributed by atoms with Crippen LogP contribution in [0.5, 0.6) is 0 Å². The van der Waals surface area contributed by atoms with Gasteiger partial charge in [0, 0.05) is 36.7 Å². The van der Waals surface area contributed by atoms with Crippen molar-refractivity contribution in [1.29, 1.82) is 0 Å². The first-order valence-electron chi connectivity index (χ1n) is 9.62. The molecule has 0 amide bonds. The van der Waals surface area contributed by atoms with Crippen molar-refractivity contribution in [3.63, 3.8) is 0 Å². The molecule has 0 bridgehead atoms. The second-order valence-corrected chi connectivity index (χ2v) is 7.57. The number of methoxy groups -OCH3 is 1. The number of aryl methyl sites for hydroxylation is 1. The zero-order chi connectivity index (χ0) is 20.7. The molecule has 150 valence electrons. The SMILES string of the molecule is COC(O)c1ccc2nc(-c3ccc4occ(C)c4c3)c(N(C)C(C)C)nc2c1. The predicted octanol–water partition coefficient (Wildman–Crippen LogP) is 4.83. The Morgan fingerprint density at radius 1 is 1.07 bits per heavy atom. The molecule has 4 rings (SSSR count). The van der Waals surface area contributed by atoms with E-state index in [1.165, 1.54) is 7.11 Å². The first-order chi connectivity index (χ1) is 13.9. The molecule has 0 aliphatic heterocycles. The van der Waals surface area contributed by atoms with Crippen LogP contribution in [0.2, 0.25) is 0 Å². The summed E-state index contributed by atoms with van der Waals surface area (Å²) in [5, 5.41) is 11.1. The summed E-state index contributed by atoms with van der Waals surface area (Å²) in [6.45, 7) is 6.26. The molecule has 1 N–H and O–H groups in total. The molecule has 29 heavy (non-hydrogen) atoms. The molecule has 1 unspecified atom stereocenters. The van der Waals surface area contributed by atoms with E-state index in [1.807, 2.05) is 44.3 Å². The number of nitrogens with zero attached hydrogens (tertiary/aromatic N) is 3. The van der Waals surface area contributed by atoms with Crippen LogP contribution in [0.3, 0.4) is 0 Å². The van der Waals surface area contributed by atoms with E-state index < -0.39 is 6.29 Å². The number of aromatic nitrogens is 2. The van der Waals surface area contributed by atoms with Crippen molar-refractivity contribution in [3.8, 4) is 11.3 Å². The van der Waals surface area contributed by atoms with E-state index in [-0.39, 0.29) is 6.04 Å². The largest absolute Gasteiger partial charge is 0.464 e. The summed E-state index contributed by atoms with van der Waals surface area (Å²) in [7, 11) is 3.48. The van der Waals surface area contributed by atoms with E-state index in [9.17, 15) is 5.11 Å². The van der Waals surface area contributed by atoms with E-state index in [0.29, 0.717) is 11.1 Å². The summed E-state index contributed by atoms with van der Waals surface area (Å²) in [5.74, 6) is 0.789. The highest BCUT2D eigenvalue weighted by Crippen LogP contribution is 2.33. The van der Waals surface area contributed by atoms with Gasteiger partial charge in [-0.1, -0.05) is 6.07 Å². The Hall–Kier alpha value is -2.96. The zero-order valence-corrected chi connectivity index (χ0v) is 17.3. The highest BCUT2D eigenvalue weighted by molar-refractivity contribution is 5.90. The van der Waals surface area contributed by atoms with Crippen molar-refractivity contribution in [2.24, 2.45) is 0 Å². The Bertz CT molecular complexity index is 1180. The highest BCUT2D eigenvalue weighted by Gasteiger charge is 2.19. The topological polar surface area (TPSA) is 71.6 Å². The minimum atomic E-state index is -0.987. The molecular formula is C23H25N3O3. The van der Waals surface area contributed by atoms with Crippen molar-refractivity contribution in [2.45, 2.75) is 33.1 Å². The summed E-state index contributed by atoms with van der Waals surface area (Å²) in [6.07, 6.45) is 0.781. The van der Waals surface area contributed by atoms with Crippen molar-refractivity contribution >= 4 is 27.8 Å². The Kier molecular flexibility index (Phi) is 4.98. The van der Waals surface area contributed by atoms with Crippen LogP contribution < -0.4 is 4.90 Å². The third kappa shape index (κ3) is 3.45. The zero-order valence-electron chi connectivity index (χ0n) is 17.3. The van der Waals surface area contributed by atoms with Crippen LogP contribution in [0.1, 0.15) is 31.3 Å². The monoisotopic (exact) mass is 391 g/mol. The lowest BCUT2D eigenvalue weighted by Crippen LogP contribution is -2.27. The van der Waals surface area contributed by atoms with Crippen LogP contribution >= 0.6 is 0 Å². The third-order valence-corrected chi connectivity index (χ3v) is 5.33. The molecule has 2 aromatic carbocycles. The predicted molar refractivity (Wildman–Crippen MR) is 115 cm³/mol. The molecule has 2 aromatic heterocycles. The number of aliphatic hydroxyl groups excluding tert-OH is 1. The number of furan rings is 1. The number of hydrogen-bond donors (Lipinski definition) is 1. The maximum atomic E-state index is 10.0. The van der Waals surface area contributed by atoms with E-state index in [4.69, 9.17) is 19.1 Å². The van der Waals surface area contributed by atoms with E-state index in [1.54, 1.807) is 6.26 Å². The fraction of sp³-hybridized carbons (Fsp3) is 0.304. The summed E-state index contributed by atoms with van der Waals surface area (Å²) in [5.41, 5.74) is 5.87. The first kappa shape index (κ1) is 19.4. The van der Waals surface area contributed by atoms with Gasteiger partial charge in [0.25, 0.3) is 0 Å². The number of fused-ring (bicyclic) bond motifs is 2. The molecule has 0 spiro atoms. The highest BCUT2D eigenvalue weighted by atomic mass is 16.6. The normalized spacial score (nSPS) is 12.8. The Morgan fingerprint density at radius 3 is 2.59 bits per heavy atom. The van der Waals surface area contributed by atoms with E-state index >= 15 is 0 Å². The van der Waals surface area contributed by atoms with Gasteiger partial charge >= 0.3 is 0 Å². The smallest absolute Gasteiger partial charge is 0.180 e. The molecule has 6 heteroatoms. The molecule has 0 aliphatic carbocycles. The molecule has 0 aliphatic rings. The van der Waals surface area contributed by atoms with Gasteiger partial charge in [0.05, 0.1) is 17.3 Å². The van der Waals surface area contributed by atoms with Gasteiger partial charge in [-0.15, -0.1) is 0 Å². The van der Waals surface area contributed by atoms with E-state index in [0.717, 1.165) is 39.1 Å². The van der Waals surface area contributed by atoms with Crippen molar-refractivity contribution in [2.75, 3.05) is 19.1 Å². The fourth-order valence-corrected chi connectivity index (χ4v) is 3.34. The van der Waals surface area contributed by atoms with Crippen LogP contribution in [0.15, 0.2) is 47.1 Å². The van der Waals surface area contributed by atoms with Crippen LogP contribution in [0, 0.1) is 6.92 Å². The molecule has 0 fully saturated rings. The molecule has 4 aromatic rings. The number of hydrogen-bond acceptors (Lipinski definition) is 6. The molecule has 6 nitrogen and oxygen atoms in total. The lowest BCUT2D eigenvalue weighted by molar-refractivity contribution is -0.0768. The Morgan fingerprint density at radius 2 is 1.86 bits per heavy atom. The van der Waals surface area contributed by atoms with Crippen LogP contribution in [-0.2, 0) is 4.74 Å². The Labute approximate surface area is 169 Å². The van der Waals surface area contributed by atoms with Gasteiger partial charge in [-0.3, -0.25) is 0 Å². The second kappa shape index (κ2) is 7.46. The standard InChI is InChI=1S/C23H25N3O3/c1-13(2)26(4)22-21(15-7-9-20-17(10-15)14(3)12-29-20)24-18-8-6-16(23(27)28-5)11-19(18)25-22/h6-13,23,27H,1-5H3. The lowest BCUT2D eigenvalue weighted by atomic mass is 10.1. The number of anilines is 1. The van der Waals surface area contributed by atoms with Gasteiger partial charge in [0.1, 0.15) is 11.3 Å². The number of ether oxygens (including phenoxy) is 1. The molecule has 1 atom stereocenters. The van der Waals surface area contributed by atoms with Crippen LogP contribution in [-0.4, -0.2) is 35.3 Å². The minimum Gasteiger partial charge on any atom is -0.464 e. The third-order valence-electron chi connectivity index (χ3n) is 5.33. The molecular weight excluding hydrogens is 366 g/mol. The van der Waals surface area contributed by atoms with Gasteiger partial charge in [-0.2, -0.15) is 0 Å². The van der Waals surface area contributed by atoms with Gasteiger partial charge < -0.3 is 19.2 Å². The maximum Gasteiger partial charge on any atom is 0.180 e. The quantitative estimate of drug-likeness (QED) is 0.491. The summed E-state index contributed by atoms with van der Waals surface area (Å²) < 4.78 is 10.6. The van der Waals surface area contributed by atoms with E-state index in [2.05, 4.69) is 24.8 Å². The summed E-state index contributed by atoms with van der Waals surface area (Å²) in [6, 6.07) is 11.8. The first-order valence-corrected chi connectivity index (χ1v) is 9.62. The van der Waals surface area contributed by atoms with Crippen molar-refractivity contribution in [3.05, 3.63) is 53.8 Å². The lowest BCUT2D eigenvalue weighted by Gasteiger charge is -2.25. The fourth-order valence-electron chi connectivity index (χ4n) is 3.34. The van der Waals surface area contributed by atoms with Gasteiger partial charge in [0.15, 0.2) is 12.1 Å².